The Hall–Kier alpha value is -1.07. The lowest BCUT2D eigenvalue weighted by molar-refractivity contribution is 1.16. The summed E-state index contributed by atoms with van der Waals surface area (Å²) < 4.78 is 0. The molecule has 0 aromatic heterocycles. The third-order valence-corrected chi connectivity index (χ3v) is 9.59. The van der Waals surface area contributed by atoms with E-state index >= 15 is 0 Å². The van der Waals surface area contributed by atoms with Crippen LogP contribution < -0.4 is 0 Å². The molecule has 33 heavy (non-hydrogen) atoms. The average molecular weight is 558 g/mol. The van der Waals surface area contributed by atoms with E-state index < -0.39 is 0 Å². The van der Waals surface area contributed by atoms with Gasteiger partial charge in [-0.2, -0.15) is 0 Å². The molecule has 0 saturated heterocycles. The number of thioether (sulfide) groups is 1. The zero-order valence-electron chi connectivity index (χ0n) is 20.9. The summed E-state index contributed by atoms with van der Waals surface area (Å²) in [5, 5.41) is 0.886. The van der Waals surface area contributed by atoms with E-state index in [2.05, 4.69) is 113 Å². The van der Waals surface area contributed by atoms with Crippen molar-refractivity contribution in [2.24, 2.45) is 0 Å². The number of halogens is 1. The predicted octanol–water partition coefficient (Wildman–Crippen LogP) is 10.6. The van der Waals surface area contributed by atoms with E-state index in [-0.39, 0.29) is 0 Å². The fraction of sp³-hybridized carbons (Fsp3) is 0.310. The first-order valence-corrected chi connectivity index (χ1v) is 15.1. The highest BCUT2D eigenvalue weighted by Gasteiger charge is 2.14. The summed E-state index contributed by atoms with van der Waals surface area (Å²) in [6, 6.07) is 14.0. The molecule has 0 N–H and O–H groups in total. The number of hydrogen-bond donors (Lipinski definition) is 0. The Kier molecular flexibility index (Phi) is 9.31. The number of hydrogen-bond acceptors (Lipinski definition) is 3. The Morgan fingerprint density at radius 2 is 1.24 bits per heavy atom. The summed E-state index contributed by atoms with van der Waals surface area (Å²) in [6.45, 7) is 15.5. The lowest BCUT2D eigenvalue weighted by Gasteiger charge is -2.17. The SMILES string of the molecule is CSc1cc(C)c(Sc2cc(C)c(Sc3cc(C)c(C)c(CBr)c3)c(C=C(C)C)c2)c(C)c1. The van der Waals surface area contributed by atoms with Gasteiger partial charge < -0.3 is 0 Å². The molecule has 0 bridgehead atoms. The van der Waals surface area contributed by atoms with Gasteiger partial charge in [0.1, 0.15) is 0 Å². The second-order valence-corrected chi connectivity index (χ2v) is 12.4. The molecule has 0 aliphatic heterocycles. The van der Waals surface area contributed by atoms with E-state index in [1.165, 1.54) is 69.0 Å². The summed E-state index contributed by atoms with van der Waals surface area (Å²) >= 11 is 9.24. The van der Waals surface area contributed by atoms with Gasteiger partial charge in [-0.25, -0.2) is 0 Å². The molecular formula is C29H33BrS3. The zero-order chi connectivity index (χ0) is 24.3. The average Bonchev–Trinajstić information content (AvgIpc) is 2.74. The molecule has 3 aromatic carbocycles. The van der Waals surface area contributed by atoms with E-state index in [0.717, 1.165) is 5.33 Å². The van der Waals surface area contributed by atoms with Crippen LogP contribution >= 0.6 is 51.2 Å². The number of alkyl halides is 1. The lowest BCUT2D eigenvalue weighted by atomic mass is 10.1. The molecule has 0 saturated carbocycles. The van der Waals surface area contributed by atoms with Crippen LogP contribution in [0, 0.1) is 34.6 Å². The van der Waals surface area contributed by atoms with Gasteiger partial charge >= 0.3 is 0 Å². The van der Waals surface area contributed by atoms with Gasteiger partial charge in [0, 0.05) is 29.8 Å². The molecule has 0 fully saturated rings. The van der Waals surface area contributed by atoms with Crippen molar-refractivity contribution in [3.63, 3.8) is 0 Å². The summed E-state index contributed by atoms with van der Waals surface area (Å²) in [7, 11) is 0. The number of allylic oxidation sites excluding steroid dienone is 1. The molecule has 0 nitrogen and oxygen atoms in total. The summed E-state index contributed by atoms with van der Waals surface area (Å²) in [4.78, 5) is 6.65. The maximum atomic E-state index is 3.66. The highest BCUT2D eigenvalue weighted by Crippen LogP contribution is 2.41. The van der Waals surface area contributed by atoms with Crippen LogP contribution in [0.1, 0.15) is 52.8 Å². The van der Waals surface area contributed by atoms with Gasteiger partial charge in [0.05, 0.1) is 0 Å². The van der Waals surface area contributed by atoms with Gasteiger partial charge in [-0.15, -0.1) is 11.8 Å². The third kappa shape index (κ3) is 6.54. The normalized spacial score (nSPS) is 11.1. The Morgan fingerprint density at radius 3 is 1.82 bits per heavy atom. The molecule has 0 aliphatic rings. The molecule has 0 atom stereocenters. The molecule has 4 heteroatoms. The molecule has 3 aromatic rings. The molecule has 0 radical (unpaired) electrons. The molecule has 3 rings (SSSR count). The second kappa shape index (κ2) is 11.6. The van der Waals surface area contributed by atoms with Crippen molar-refractivity contribution in [1.29, 1.82) is 0 Å². The fourth-order valence-electron chi connectivity index (χ4n) is 3.90. The summed E-state index contributed by atoms with van der Waals surface area (Å²) in [6.07, 6.45) is 4.46. The van der Waals surface area contributed by atoms with E-state index in [4.69, 9.17) is 0 Å². The first-order valence-electron chi connectivity index (χ1n) is 11.1. The molecule has 0 spiro atoms. The van der Waals surface area contributed by atoms with Gasteiger partial charge in [-0.1, -0.05) is 51.1 Å². The van der Waals surface area contributed by atoms with Crippen LogP contribution in [-0.2, 0) is 5.33 Å². The van der Waals surface area contributed by atoms with E-state index in [0.29, 0.717) is 0 Å². The molecule has 0 aliphatic carbocycles. The van der Waals surface area contributed by atoms with E-state index in [1.54, 1.807) is 0 Å². The summed E-state index contributed by atoms with van der Waals surface area (Å²) in [5.74, 6) is 0. The van der Waals surface area contributed by atoms with Crippen molar-refractivity contribution >= 4 is 57.3 Å². The molecule has 0 unspecified atom stereocenters. The minimum atomic E-state index is 0.886. The lowest BCUT2D eigenvalue weighted by Crippen LogP contribution is -1.93. The van der Waals surface area contributed by atoms with Crippen molar-refractivity contribution in [3.8, 4) is 0 Å². The molecular weight excluding hydrogens is 524 g/mol. The van der Waals surface area contributed by atoms with Gasteiger partial charge in [-0.05, 0) is 130 Å². The Balaban J connectivity index is 2.04. The van der Waals surface area contributed by atoms with Crippen molar-refractivity contribution in [2.45, 2.75) is 78.3 Å². The smallest absolute Gasteiger partial charge is 0.0286 e. The molecule has 174 valence electrons. The van der Waals surface area contributed by atoms with Crippen molar-refractivity contribution < 1.29 is 0 Å². The quantitative estimate of drug-likeness (QED) is 0.209. The van der Waals surface area contributed by atoms with Gasteiger partial charge in [-0.3, -0.25) is 0 Å². The summed E-state index contributed by atoms with van der Waals surface area (Å²) in [5.41, 5.74) is 10.7. The van der Waals surface area contributed by atoms with E-state index in [9.17, 15) is 0 Å². The first-order chi connectivity index (χ1) is 15.6. The monoisotopic (exact) mass is 556 g/mol. The van der Waals surface area contributed by atoms with Gasteiger partial charge in [0.2, 0.25) is 0 Å². The van der Waals surface area contributed by atoms with Gasteiger partial charge in [0.25, 0.3) is 0 Å². The van der Waals surface area contributed by atoms with E-state index in [1.807, 2.05) is 35.3 Å². The highest BCUT2D eigenvalue weighted by molar-refractivity contribution is 9.08. The Labute approximate surface area is 221 Å². The third-order valence-electron chi connectivity index (χ3n) is 5.72. The van der Waals surface area contributed by atoms with Crippen LogP contribution in [0.25, 0.3) is 6.08 Å². The maximum absolute atomic E-state index is 3.66. The van der Waals surface area contributed by atoms with Crippen LogP contribution in [0.15, 0.2) is 66.4 Å². The van der Waals surface area contributed by atoms with Gasteiger partial charge in [0.15, 0.2) is 0 Å². The van der Waals surface area contributed by atoms with Crippen molar-refractivity contribution in [1.82, 2.24) is 0 Å². The number of benzene rings is 3. The zero-order valence-corrected chi connectivity index (χ0v) is 24.9. The fourth-order valence-corrected chi connectivity index (χ4v) is 7.30. The Morgan fingerprint density at radius 1 is 0.727 bits per heavy atom. The first kappa shape index (κ1) is 26.5. The molecule has 0 amide bonds. The van der Waals surface area contributed by atoms with Crippen molar-refractivity contribution in [3.05, 3.63) is 80.9 Å². The van der Waals surface area contributed by atoms with Crippen LogP contribution in [0.5, 0.6) is 0 Å². The van der Waals surface area contributed by atoms with Crippen molar-refractivity contribution in [2.75, 3.05) is 6.26 Å². The second-order valence-electron chi connectivity index (χ2n) is 8.83. The maximum Gasteiger partial charge on any atom is 0.0286 e. The molecule has 0 heterocycles. The standard InChI is InChI=1S/C29H33BrS3/c1-17(2)9-23-14-27(32-28-19(4)11-25(31-8)12-20(28)5)13-21(6)29(23)33-26-10-18(3)22(7)24(15-26)16-30/h9-15H,16H2,1-8H3. The predicted molar refractivity (Wildman–Crippen MR) is 155 cm³/mol. The topological polar surface area (TPSA) is 0 Å². The van der Waals surface area contributed by atoms with Crippen LogP contribution in [-0.4, -0.2) is 6.26 Å². The largest absolute Gasteiger partial charge is 0.130 e. The Bertz CT molecular complexity index is 1180. The minimum Gasteiger partial charge on any atom is -0.130 e. The van der Waals surface area contributed by atoms with Crippen LogP contribution in [0.2, 0.25) is 0 Å². The minimum absolute atomic E-state index is 0.886. The number of aryl methyl sites for hydroxylation is 4. The van der Waals surface area contributed by atoms with Crippen LogP contribution in [0.3, 0.4) is 0 Å². The van der Waals surface area contributed by atoms with Crippen LogP contribution in [0.4, 0.5) is 0 Å². The highest BCUT2D eigenvalue weighted by atomic mass is 79.9. The number of rotatable bonds is 7.